The van der Waals surface area contributed by atoms with Crippen LogP contribution >= 0.6 is 0 Å². The summed E-state index contributed by atoms with van der Waals surface area (Å²) < 4.78 is 10.8. The molecule has 19 heavy (non-hydrogen) atoms. The molecular weight excluding hydrogens is 238 g/mol. The Labute approximate surface area is 117 Å². The number of hydrogen-bond donors (Lipinski definition) is 1. The fourth-order valence-electron chi connectivity index (χ4n) is 2.26. The van der Waals surface area contributed by atoms with E-state index in [-0.39, 0.29) is 11.5 Å². The van der Waals surface area contributed by atoms with Gasteiger partial charge in [0.1, 0.15) is 11.5 Å². The summed E-state index contributed by atoms with van der Waals surface area (Å²) in [5.74, 6) is 1.78. The highest BCUT2D eigenvalue weighted by Gasteiger charge is 2.22. The number of ether oxygens (including phenoxy) is 2. The number of rotatable bonds is 6. The van der Waals surface area contributed by atoms with Gasteiger partial charge in [0.25, 0.3) is 0 Å². The highest BCUT2D eigenvalue weighted by atomic mass is 16.5. The van der Waals surface area contributed by atoms with Crippen molar-refractivity contribution in [3.05, 3.63) is 23.8 Å². The molecule has 0 aromatic heterocycles. The first kappa shape index (κ1) is 15.8. The SMILES string of the molecule is CCNC(CC(C)(C)C)c1cc(OC)ccc1OC. The molecule has 0 saturated heterocycles. The van der Waals surface area contributed by atoms with Crippen LogP contribution in [0.3, 0.4) is 0 Å². The van der Waals surface area contributed by atoms with Crippen molar-refractivity contribution in [1.82, 2.24) is 5.32 Å². The Morgan fingerprint density at radius 1 is 1.16 bits per heavy atom. The molecule has 1 aromatic rings. The van der Waals surface area contributed by atoms with Crippen LogP contribution < -0.4 is 14.8 Å². The summed E-state index contributed by atoms with van der Waals surface area (Å²) >= 11 is 0. The number of hydrogen-bond acceptors (Lipinski definition) is 3. The van der Waals surface area contributed by atoms with E-state index in [1.165, 1.54) is 5.56 Å². The third kappa shape index (κ3) is 4.75. The molecule has 0 aliphatic rings. The van der Waals surface area contributed by atoms with Crippen LogP contribution in [0.15, 0.2) is 18.2 Å². The zero-order valence-corrected chi connectivity index (χ0v) is 13.0. The maximum atomic E-state index is 5.49. The molecule has 0 radical (unpaired) electrons. The molecule has 0 aliphatic heterocycles. The molecule has 1 aromatic carbocycles. The van der Waals surface area contributed by atoms with Gasteiger partial charge < -0.3 is 14.8 Å². The van der Waals surface area contributed by atoms with E-state index in [1.54, 1.807) is 14.2 Å². The highest BCUT2D eigenvalue weighted by Crippen LogP contribution is 2.35. The van der Waals surface area contributed by atoms with E-state index in [0.29, 0.717) is 0 Å². The Hall–Kier alpha value is -1.22. The van der Waals surface area contributed by atoms with E-state index in [9.17, 15) is 0 Å². The summed E-state index contributed by atoms with van der Waals surface area (Å²) in [4.78, 5) is 0. The zero-order chi connectivity index (χ0) is 14.5. The van der Waals surface area contributed by atoms with E-state index in [2.05, 4.69) is 39.1 Å². The van der Waals surface area contributed by atoms with Crippen molar-refractivity contribution in [2.75, 3.05) is 20.8 Å². The normalized spacial score (nSPS) is 13.2. The molecular formula is C16H27NO2. The van der Waals surface area contributed by atoms with Gasteiger partial charge in [-0.3, -0.25) is 0 Å². The molecule has 0 fully saturated rings. The summed E-state index contributed by atoms with van der Waals surface area (Å²) in [7, 11) is 3.41. The van der Waals surface area contributed by atoms with E-state index < -0.39 is 0 Å². The third-order valence-electron chi connectivity index (χ3n) is 3.08. The number of benzene rings is 1. The summed E-state index contributed by atoms with van der Waals surface area (Å²) in [5.41, 5.74) is 1.42. The standard InChI is InChI=1S/C16H27NO2/c1-7-17-14(11-16(2,3)4)13-10-12(18-5)8-9-15(13)19-6/h8-10,14,17H,7,11H2,1-6H3. The molecule has 0 spiro atoms. The van der Waals surface area contributed by atoms with Crippen LogP contribution in [0.4, 0.5) is 0 Å². The molecule has 108 valence electrons. The molecule has 1 rings (SSSR count). The summed E-state index contributed by atoms with van der Waals surface area (Å²) in [6.45, 7) is 9.82. The van der Waals surface area contributed by atoms with Gasteiger partial charge in [0.05, 0.1) is 14.2 Å². The van der Waals surface area contributed by atoms with Gasteiger partial charge in [-0.1, -0.05) is 27.7 Å². The zero-order valence-electron chi connectivity index (χ0n) is 13.0. The topological polar surface area (TPSA) is 30.5 Å². The molecule has 0 bridgehead atoms. The average Bonchev–Trinajstić information content (AvgIpc) is 2.36. The summed E-state index contributed by atoms with van der Waals surface area (Å²) in [6.07, 6.45) is 1.05. The lowest BCUT2D eigenvalue weighted by atomic mass is 9.85. The largest absolute Gasteiger partial charge is 0.497 e. The van der Waals surface area contributed by atoms with Crippen molar-refractivity contribution >= 4 is 0 Å². The smallest absolute Gasteiger partial charge is 0.123 e. The fraction of sp³-hybridized carbons (Fsp3) is 0.625. The van der Waals surface area contributed by atoms with E-state index >= 15 is 0 Å². The van der Waals surface area contributed by atoms with Gasteiger partial charge in [0.2, 0.25) is 0 Å². The van der Waals surface area contributed by atoms with Gasteiger partial charge in [-0.15, -0.1) is 0 Å². The van der Waals surface area contributed by atoms with Crippen LogP contribution in [0.2, 0.25) is 0 Å². The Bertz CT molecular complexity index is 396. The fourth-order valence-corrected chi connectivity index (χ4v) is 2.26. The van der Waals surface area contributed by atoms with Gasteiger partial charge in [-0.05, 0) is 36.6 Å². The molecule has 3 nitrogen and oxygen atoms in total. The summed E-state index contributed by atoms with van der Waals surface area (Å²) in [6, 6.07) is 6.25. The molecule has 1 N–H and O–H groups in total. The Morgan fingerprint density at radius 3 is 2.32 bits per heavy atom. The van der Waals surface area contributed by atoms with Gasteiger partial charge in [0.15, 0.2) is 0 Å². The predicted octanol–water partition coefficient (Wildman–Crippen LogP) is 3.79. The van der Waals surface area contributed by atoms with Crippen LogP contribution in [0.5, 0.6) is 11.5 Å². The minimum atomic E-state index is 0.251. The first-order valence-corrected chi connectivity index (χ1v) is 6.86. The summed E-state index contributed by atoms with van der Waals surface area (Å²) in [5, 5.41) is 3.55. The molecule has 0 saturated carbocycles. The highest BCUT2D eigenvalue weighted by molar-refractivity contribution is 5.42. The Morgan fingerprint density at radius 2 is 1.84 bits per heavy atom. The molecule has 0 aliphatic carbocycles. The van der Waals surface area contributed by atoms with Crippen molar-refractivity contribution in [2.45, 2.75) is 40.2 Å². The maximum Gasteiger partial charge on any atom is 0.123 e. The first-order valence-electron chi connectivity index (χ1n) is 6.86. The lowest BCUT2D eigenvalue weighted by Gasteiger charge is -2.28. The van der Waals surface area contributed by atoms with E-state index in [4.69, 9.17) is 9.47 Å². The third-order valence-corrected chi connectivity index (χ3v) is 3.08. The second-order valence-electron chi connectivity index (χ2n) is 5.98. The number of methoxy groups -OCH3 is 2. The van der Waals surface area contributed by atoms with Crippen molar-refractivity contribution < 1.29 is 9.47 Å². The van der Waals surface area contributed by atoms with Gasteiger partial charge >= 0.3 is 0 Å². The van der Waals surface area contributed by atoms with Gasteiger partial charge in [-0.2, -0.15) is 0 Å². The van der Waals surface area contributed by atoms with Crippen LogP contribution in [-0.2, 0) is 0 Å². The van der Waals surface area contributed by atoms with Crippen molar-refractivity contribution in [1.29, 1.82) is 0 Å². The molecule has 0 heterocycles. The van der Waals surface area contributed by atoms with Crippen molar-refractivity contribution in [3.63, 3.8) is 0 Å². The van der Waals surface area contributed by atoms with Crippen LogP contribution in [0.1, 0.15) is 45.7 Å². The monoisotopic (exact) mass is 265 g/mol. The van der Waals surface area contributed by atoms with E-state index in [1.807, 2.05) is 12.1 Å². The molecule has 1 unspecified atom stereocenters. The first-order chi connectivity index (χ1) is 8.91. The Kier molecular flexibility index (Phi) is 5.67. The maximum absolute atomic E-state index is 5.49. The lowest BCUT2D eigenvalue weighted by molar-refractivity contribution is 0.305. The molecule has 1 atom stereocenters. The van der Waals surface area contributed by atoms with Crippen LogP contribution in [0, 0.1) is 5.41 Å². The van der Waals surface area contributed by atoms with Gasteiger partial charge in [0, 0.05) is 11.6 Å². The second-order valence-corrected chi connectivity index (χ2v) is 5.98. The van der Waals surface area contributed by atoms with Crippen LogP contribution in [-0.4, -0.2) is 20.8 Å². The predicted molar refractivity (Wildman–Crippen MR) is 80.0 cm³/mol. The average molecular weight is 265 g/mol. The minimum Gasteiger partial charge on any atom is -0.497 e. The van der Waals surface area contributed by atoms with Crippen molar-refractivity contribution in [3.8, 4) is 11.5 Å². The quantitative estimate of drug-likeness (QED) is 0.849. The second kappa shape index (κ2) is 6.80. The molecule has 0 amide bonds. The van der Waals surface area contributed by atoms with E-state index in [0.717, 1.165) is 24.5 Å². The molecule has 3 heteroatoms. The minimum absolute atomic E-state index is 0.251. The lowest BCUT2D eigenvalue weighted by Crippen LogP contribution is -2.26. The van der Waals surface area contributed by atoms with Crippen molar-refractivity contribution in [2.24, 2.45) is 5.41 Å². The Balaban J connectivity index is 3.12. The van der Waals surface area contributed by atoms with Gasteiger partial charge in [-0.25, -0.2) is 0 Å². The number of nitrogens with one attached hydrogen (secondary N) is 1. The van der Waals surface area contributed by atoms with Crippen LogP contribution in [0.25, 0.3) is 0 Å².